The van der Waals surface area contributed by atoms with E-state index in [4.69, 9.17) is 0 Å². The van der Waals surface area contributed by atoms with Crippen molar-refractivity contribution >= 4 is 56.7 Å². The quantitative estimate of drug-likeness (QED) is 0.654. The molecule has 5 nitrogen and oxygen atoms in total. The molecule has 2 rings (SSSR count). The van der Waals surface area contributed by atoms with Crippen LogP contribution in [0.4, 0.5) is 17.1 Å². The number of hydrogen-bond donors (Lipinski definition) is 2. The molecule has 7 heteroatoms. The van der Waals surface area contributed by atoms with Crippen molar-refractivity contribution in [2.45, 2.75) is 0 Å². The number of hydrogen-bond acceptors (Lipinski definition) is 5. The molecule has 0 fully saturated rings. The predicted molar refractivity (Wildman–Crippen MR) is 82.9 cm³/mol. The van der Waals surface area contributed by atoms with Crippen molar-refractivity contribution in [3.8, 4) is 0 Å². The molecule has 0 aliphatic heterocycles. The first kappa shape index (κ1) is 17.0. The molecule has 0 radical (unpaired) electrons. The van der Waals surface area contributed by atoms with Crippen molar-refractivity contribution in [1.29, 1.82) is 0 Å². The maximum absolute atomic E-state index is 10.8. The van der Waals surface area contributed by atoms with Crippen LogP contribution in [0.2, 0.25) is 0 Å². The summed E-state index contributed by atoms with van der Waals surface area (Å²) in [6.45, 7) is 0. The molecule has 0 unspecified atom stereocenters. The Balaban J connectivity index is 0.00000200. The zero-order chi connectivity index (χ0) is 13.7. The van der Waals surface area contributed by atoms with Crippen LogP contribution in [0.5, 0.6) is 0 Å². The van der Waals surface area contributed by atoms with Gasteiger partial charge < -0.3 is 5.32 Å². The minimum atomic E-state index is -3.51. The summed E-state index contributed by atoms with van der Waals surface area (Å²) in [5.41, 5.74) is 4.80. The van der Waals surface area contributed by atoms with Crippen LogP contribution in [-0.2, 0) is 14.4 Å². The van der Waals surface area contributed by atoms with E-state index in [9.17, 15) is 8.42 Å². The van der Waals surface area contributed by atoms with Gasteiger partial charge >= 0.3 is 29.6 Å². The van der Waals surface area contributed by atoms with Gasteiger partial charge in [0.15, 0.2) is 0 Å². The average molecular weight is 302 g/mol. The maximum atomic E-state index is 10.8. The molecule has 0 atom stereocenters. The molecule has 0 saturated carbocycles. The fourth-order valence-corrected chi connectivity index (χ4v) is 1.68. The van der Waals surface area contributed by atoms with Crippen LogP contribution in [0.25, 0.3) is 0 Å². The molecule has 2 aromatic rings. The zero-order valence-electron chi connectivity index (χ0n) is 10.3. The van der Waals surface area contributed by atoms with Gasteiger partial charge in [0.1, 0.15) is 0 Å². The van der Waals surface area contributed by atoms with E-state index in [-0.39, 0.29) is 29.6 Å². The molecule has 0 amide bonds. The van der Waals surface area contributed by atoms with Crippen LogP contribution >= 0.6 is 0 Å². The molecule has 0 saturated heterocycles. The number of anilines is 3. The second-order valence-corrected chi connectivity index (χ2v) is 5.53. The van der Waals surface area contributed by atoms with Gasteiger partial charge in [-0.1, -0.05) is 18.2 Å². The monoisotopic (exact) mass is 302 g/mol. The second-order valence-electron chi connectivity index (χ2n) is 3.96. The summed E-state index contributed by atoms with van der Waals surface area (Å²) in [6.07, 6.45) is 0.978. The first-order chi connectivity index (χ1) is 9.03. The molecule has 0 aliphatic rings. The van der Waals surface area contributed by atoms with Crippen LogP contribution < -0.4 is 10.8 Å². The van der Waals surface area contributed by atoms with E-state index in [0.29, 0.717) is 5.69 Å². The standard InChI is InChI=1S/C13H14N2O3S.Na.H/c1-19(16,17)18-15-13-9-7-12(8-10-13)14-11-5-3-2-4-6-11;;/h2-10,14-15H,1H3;;. The van der Waals surface area contributed by atoms with E-state index in [1.54, 1.807) is 12.1 Å². The molecule has 20 heavy (non-hydrogen) atoms. The Labute approximate surface area is 140 Å². The third kappa shape index (κ3) is 5.94. The van der Waals surface area contributed by atoms with Crippen molar-refractivity contribution in [2.75, 3.05) is 17.1 Å². The Hall–Kier alpha value is -1.05. The van der Waals surface area contributed by atoms with Gasteiger partial charge in [-0.25, -0.2) is 5.48 Å². The second kappa shape index (κ2) is 7.66. The van der Waals surface area contributed by atoms with Crippen LogP contribution in [-0.4, -0.2) is 44.2 Å². The predicted octanol–water partition coefficient (Wildman–Crippen LogP) is 2.08. The number of benzene rings is 2. The normalized spacial score (nSPS) is 10.4. The molecule has 2 N–H and O–H groups in total. The van der Waals surface area contributed by atoms with Gasteiger partial charge in [-0.3, -0.25) is 0 Å². The third-order valence-corrected chi connectivity index (χ3v) is 2.64. The summed E-state index contributed by atoms with van der Waals surface area (Å²) in [6, 6.07) is 16.8. The Morgan fingerprint density at radius 1 is 0.850 bits per heavy atom. The van der Waals surface area contributed by atoms with Gasteiger partial charge in [-0.05, 0) is 36.4 Å². The van der Waals surface area contributed by atoms with Crippen LogP contribution in [0, 0.1) is 0 Å². The fraction of sp³-hybridized carbons (Fsp3) is 0.0769. The summed E-state index contributed by atoms with van der Waals surface area (Å²) in [5.74, 6) is 0. The van der Waals surface area contributed by atoms with Gasteiger partial charge in [-0.2, -0.15) is 12.7 Å². The van der Waals surface area contributed by atoms with Crippen molar-refractivity contribution in [2.24, 2.45) is 0 Å². The van der Waals surface area contributed by atoms with Crippen LogP contribution in [0.3, 0.4) is 0 Å². The molecular formula is C13H15N2NaO3S. The van der Waals surface area contributed by atoms with Gasteiger partial charge in [0.25, 0.3) is 10.1 Å². The summed E-state index contributed by atoms with van der Waals surface area (Å²) in [4.78, 5) is 0. The number of para-hydroxylation sites is 1. The van der Waals surface area contributed by atoms with Crippen molar-refractivity contribution < 1.29 is 12.7 Å². The van der Waals surface area contributed by atoms with Crippen molar-refractivity contribution in [3.05, 3.63) is 54.6 Å². The summed E-state index contributed by atoms with van der Waals surface area (Å²) >= 11 is 0. The van der Waals surface area contributed by atoms with E-state index >= 15 is 0 Å². The average Bonchev–Trinajstić information content (AvgIpc) is 2.38. The summed E-state index contributed by atoms with van der Waals surface area (Å²) < 4.78 is 26.1. The fourth-order valence-electron chi connectivity index (χ4n) is 1.43. The molecule has 2 aromatic carbocycles. The minimum absolute atomic E-state index is 0. The van der Waals surface area contributed by atoms with Gasteiger partial charge in [0, 0.05) is 11.4 Å². The van der Waals surface area contributed by atoms with Gasteiger partial charge in [-0.15, -0.1) is 0 Å². The third-order valence-electron chi connectivity index (χ3n) is 2.26. The first-order valence-electron chi connectivity index (χ1n) is 5.59. The van der Waals surface area contributed by atoms with Crippen LogP contribution in [0.15, 0.2) is 54.6 Å². The topological polar surface area (TPSA) is 67.4 Å². The molecule has 0 aromatic heterocycles. The van der Waals surface area contributed by atoms with E-state index in [1.165, 1.54) is 0 Å². The molecular weight excluding hydrogens is 287 g/mol. The molecule has 102 valence electrons. The van der Waals surface area contributed by atoms with Crippen molar-refractivity contribution in [3.63, 3.8) is 0 Å². The van der Waals surface area contributed by atoms with E-state index in [0.717, 1.165) is 17.6 Å². The van der Waals surface area contributed by atoms with Crippen LogP contribution in [0.1, 0.15) is 0 Å². The Morgan fingerprint density at radius 2 is 1.35 bits per heavy atom. The van der Waals surface area contributed by atoms with E-state index in [1.807, 2.05) is 42.5 Å². The number of rotatable bonds is 5. The molecule has 0 heterocycles. The van der Waals surface area contributed by atoms with E-state index < -0.39 is 10.1 Å². The Morgan fingerprint density at radius 3 is 1.90 bits per heavy atom. The SMILES string of the molecule is CS(=O)(=O)ONc1ccc(Nc2ccccc2)cc1.[NaH]. The zero-order valence-corrected chi connectivity index (χ0v) is 11.1. The summed E-state index contributed by atoms with van der Waals surface area (Å²) in [5, 5.41) is 3.22. The number of nitrogens with one attached hydrogen (secondary N) is 2. The van der Waals surface area contributed by atoms with Gasteiger partial charge in [0.05, 0.1) is 11.9 Å². The van der Waals surface area contributed by atoms with E-state index in [2.05, 4.69) is 15.1 Å². The molecule has 0 aliphatic carbocycles. The first-order valence-corrected chi connectivity index (χ1v) is 7.41. The Bertz CT molecular complexity index is 630. The molecule has 0 spiro atoms. The molecule has 0 bridgehead atoms. The van der Waals surface area contributed by atoms with Gasteiger partial charge in [0.2, 0.25) is 0 Å². The van der Waals surface area contributed by atoms with Crippen molar-refractivity contribution in [1.82, 2.24) is 0 Å². The summed E-state index contributed by atoms with van der Waals surface area (Å²) in [7, 11) is -3.51. The Kier molecular flexibility index (Phi) is 6.51.